The van der Waals surface area contributed by atoms with Crippen LogP contribution in [0.4, 0.5) is 5.69 Å². The molecule has 78 valence electrons. The molecule has 0 heterocycles. The molecule has 0 atom stereocenters. The van der Waals surface area contributed by atoms with E-state index in [1.165, 1.54) is 5.56 Å². The van der Waals surface area contributed by atoms with E-state index in [4.69, 9.17) is 11.6 Å². The van der Waals surface area contributed by atoms with Crippen molar-refractivity contribution in [3.05, 3.63) is 27.2 Å². The van der Waals surface area contributed by atoms with Crippen LogP contribution in [0.3, 0.4) is 0 Å². The Bertz CT molecular complexity index is 342. The number of rotatable bonds is 1. The van der Waals surface area contributed by atoms with Crippen molar-refractivity contribution in [1.29, 1.82) is 0 Å². The van der Waals surface area contributed by atoms with E-state index >= 15 is 0 Å². The fourth-order valence-corrected chi connectivity index (χ4v) is 2.51. The molecule has 0 fully saturated rings. The maximum absolute atomic E-state index is 6.12. The molecular formula is C11H15BrClN. The van der Waals surface area contributed by atoms with E-state index in [0.717, 1.165) is 15.2 Å². The zero-order chi connectivity index (χ0) is 10.9. The molecule has 0 aliphatic heterocycles. The van der Waals surface area contributed by atoms with Crippen molar-refractivity contribution in [2.24, 2.45) is 0 Å². The number of anilines is 1. The predicted molar refractivity (Wildman–Crippen MR) is 67.4 cm³/mol. The summed E-state index contributed by atoms with van der Waals surface area (Å²) in [6.45, 7) is 6.51. The van der Waals surface area contributed by atoms with E-state index in [2.05, 4.69) is 42.0 Å². The normalized spacial score (nSPS) is 11.6. The largest absolute Gasteiger partial charge is 0.387 e. The lowest BCUT2D eigenvalue weighted by Gasteiger charge is -2.22. The van der Waals surface area contributed by atoms with Gasteiger partial charge in [-0.1, -0.05) is 48.3 Å². The summed E-state index contributed by atoms with van der Waals surface area (Å²) in [7, 11) is 1.87. The Kier molecular flexibility index (Phi) is 3.49. The van der Waals surface area contributed by atoms with Gasteiger partial charge in [-0.25, -0.2) is 0 Å². The lowest BCUT2D eigenvalue weighted by Crippen LogP contribution is -2.12. The zero-order valence-electron chi connectivity index (χ0n) is 8.91. The van der Waals surface area contributed by atoms with E-state index in [0.29, 0.717) is 0 Å². The van der Waals surface area contributed by atoms with Crippen LogP contribution in [0.25, 0.3) is 0 Å². The van der Waals surface area contributed by atoms with E-state index in [9.17, 15) is 0 Å². The number of nitrogens with one attached hydrogen (secondary N) is 1. The molecule has 3 heteroatoms. The van der Waals surface area contributed by atoms with Crippen LogP contribution in [-0.2, 0) is 5.41 Å². The molecule has 0 aliphatic rings. The molecule has 1 N–H and O–H groups in total. The maximum atomic E-state index is 6.12. The number of hydrogen-bond donors (Lipinski definition) is 1. The van der Waals surface area contributed by atoms with Gasteiger partial charge < -0.3 is 5.32 Å². The van der Waals surface area contributed by atoms with Gasteiger partial charge in [-0.05, 0) is 23.1 Å². The SMILES string of the molecule is CNc1cc(Br)c(C(C)(C)C)cc1Cl. The Morgan fingerprint density at radius 1 is 1.29 bits per heavy atom. The second kappa shape index (κ2) is 4.11. The number of hydrogen-bond acceptors (Lipinski definition) is 1. The third-order valence-electron chi connectivity index (χ3n) is 2.13. The first-order valence-electron chi connectivity index (χ1n) is 4.53. The highest BCUT2D eigenvalue weighted by atomic mass is 79.9. The van der Waals surface area contributed by atoms with Crippen molar-refractivity contribution in [1.82, 2.24) is 0 Å². The summed E-state index contributed by atoms with van der Waals surface area (Å²) in [5.41, 5.74) is 2.28. The van der Waals surface area contributed by atoms with Gasteiger partial charge in [0.15, 0.2) is 0 Å². The molecule has 1 rings (SSSR count). The fraction of sp³-hybridized carbons (Fsp3) is 0.455. The van der Waals surface area contributed by atoms with Crippen LogP contribution >= 0.6 is 27.5 Å². The molecule has 0 aromatic heterocycles. The molecule has 1 aromatic carbocycles. The van der Waals surface area contributed by atoms with Gasteiger partial charge >= 0.3 is 0 Å². The van der Waals surface area contributed by atoms with Crippen LogP contribution in [-0.4, -0.2) is 7.05 Å². The monoisotopic (exact) mass is 275 g/mol. The molecular weight excluding hydrogens is 261 g/mol. The second-order valence-electron chi connectivity index (χ2n) is 4.31. The second-order valence-corrected chi connectivity index (χ2v) is 5.57. The average Bonchev–Trinajstić information content (AvgIpc) is 2.06. The summed E-state index contributed by atoms with van der Waals surface area (Å²) in [5, 5.41) is 3.82. The highest BCUT2D eigenvalue weighted by molar-refractivity contribution is 9.10. The Morgan fingerprint density at radius 3 is 2.29 bits per heavy atom. The first-order chi connectivity index (χ1) is 6.36. The minimum absolute atomic E-state index is 0.106. The lowest BCUT2D eigenvalue weighted by molar-refractivity contribution is 0.587. The quantitative estimate of drug-likeness (QED) is 0.799. The Hall–Kier alpha value is -0.210. The fourth-order valence-electron chi connectivity index (χ4n) is 1.31. The van der Waals surface area contributed by atoms with E-state index < -0.39 is 0 Å². The summed E-state index contributed by atoms with van der Waals surface area (Å²) >= 11 is 9.68. The predicted octanol–water partition coefficient (Wildman–Crippen LogP) is 4.44. The van der Waals surface area contributed by atoms with Crippen LogP contribution in [0, 0.1) is 0 Å². The minimum atomic E-state index is 0.106. The van der Waals surface area contributed by atoms with E-state index in [1.807, 2.05) is 19.2 Å². The lowest BCUT2D eigenvalue weighted by atomic mass is 9.87. The van der Waals surface area contributed by atoms with Crippen molar-refractivity contribution in [3.63, 3.8) is 0 Å². The van der Waals surface area contributed by atoms with Gasteiger partial charge in [0.1, 0.15) is 0 Å². The third kappa shape index (κ3) is 2.43. The van der Waals surface area contributed by atoms with Crippen LogP contribution in [0.2, 0.25) is 5.02 Å². The van der Waals surface area contributed by atoms with Crippen LogP contribution < -0.4 is 5.32 Å². The van der Waals surface area contributed by atoms with Crippen LogP contribution in [0.1, 0.15) is 26.3 Å². The number of benzene rings is 1. The van der Waals surface area contributed by atoms with Gasteiger partial charge in [0.25, 0.3) is 0 Å². The minimum Gasteiger partial charge on any atom is -0.387 e. The van der Waals surface area contributed by atoms with Gasteiger partial charge in [-0.3, -0.25) is 0 Å². The van der Waals surface area contributed by atoms with Crippen molar-refractivity contribution in [2.75, 3.05) is 12.4 Å². The summed E-state index contributed by atoms with van der Waals surface area (Å²) in [4.78, 5) is 0. The van der Waals surface area contributed by atoms with Crippen molar-refractivity contribution >= 4 is 33.2 Å². The highest BCUT2D eigenvalue weighted by Crippen LogP contribution is 2.35. The summed E-state index contributed by atoms with van der Waals surface area (Å²) < 4.78 is 1.10. The van der Waals surface area contributed by atoms with Gasteiger partial charge in [0.2, 0.25) is 0 Å². The number of halogens is 2. The van der Waals surface area contributed by atoms with Gasteiger partial charge in [0, 0.05) is 11.5 Å². The molecule has 1 nitrogen and oxygen atoms in total. The molecule has 0 saturated carbocycles. The van der Waals surface area contributed by atoms with E-state index in [-0.39, 0.29) is 5.41 Å². The first-order valence-corrected chi connectivity index (χ1v) is 5.70. The summed E-state index contributed by atoms with van der Waals surface area (Å²) in [6, 6.07) is 4.03. The van der Waals surface area contributed by atoms with Gasteiger partial charge in [-0.15, -0.1) is 0 Å². The van der Waals surface area contributed by atoms with Crippen molar-refractivity contribution < 1.29 is 0 Å². The zero-order valence-corrected chi connectivity index (χ0v) is 11.3. The topological polar surface area (TPSA) is 12.0 Å². The molecule has 0 spiro atoms. The van der Waals surface area contributed by atoms with Gasteiger partial charge in [-0.2, -0.15) is 0 Å². The van der Waals surface area contributed by atoms with Crippen LogP contribution in [0.15, 0.2) is 16.6 Å². The molecule has 0 radical (unpaired) electrons. The Balaban J connectivity index is 3.29. The highest BCUT2D eigenvalue weighted by Gasteiger charge is 2.18. The van der Waals surface area contributed by atoms with Gasteiger partial charge in [0.05, 0.1) is 10.7 Å². The third-order valence-corrected chi connectivity index (χ3v) is 3.10. The van der Waals surface area contributed by atoms with Crippen molar-refractivity contribution in [2.45, 2.75) is 26.2 Å². The molecule has 1 aromatic rings. The smallest absolute Gasteiger partial charge is 0.0641 e. The Labute approximate surface area is 99.0 Å². The molecule has 14 heavy (non-hydrogen) atoms. The molecule has 0 aliphatic carbocycles. The molecule has 0 unspecified atom stereocenters. The first kappa shape index (κ1) is 11.9. The summed E-state index contributed by atoms with van der Waals surface area (Å²) in [5.74, 6) is 0. The standard InChI is InChI=1S/C11H15BrClN/c1-11(2,3)7-5-9(13)10(14-4)6-8(7)12/h5-6,14H,1-4H3. The Morgan fingerprint density at radius 2 is 1.86 bits per heavy atom. The maximum Gasteiger partial charge on any atom is 0.0641 e. The molecule has 0 saturated heterocycles. The molecule has 0 amide bonds. The van der Waals surface area contributed by atoms with E-state index in [1.54, 1.807) is 0 Å². The van der Waals surface area contributed by atoms with Crippen LogP contribution in [0.5, 0.6) is 0 Å². The molecule has 0 bridgehead atoms. The van der Waals surface area contributed by atoms with Crippen molar-refractivity contribution in [3.8, 4) is 0 Å². The average molecular weight is 277 g/mol. The summed E-state index contributed by atoms with van der Waals surface area (Å²) in [6.07, 6.45) is 0.